The van der Waals surface area contributed by atoms with Crippen molar-refractivity contribution < 1.29 is 23.5 Å². The molecule has 0 aliphatic rings. The quantitative estimate of drug-likeness (QED) is 0.146. The summed E-state index contributed by atoms with van der Waals surface area (Å²) in [5, 5.41) is 19.9. The maximum Gasteiger partial charge on any atom is 0.220 e. The van der Waals surface area contributed by atoms with E-state index in [0.717, 1.165) is 5.69 Å². The Morgan fingerprint density at radius 1 is 1.03 bits per heavy atom. The van der Waals surface area contributed by atoms with Gasteiger partial charge in [-0.1, -0.05) is 36.0 Å². The Balaban J connectivity index is 1.60. The molecule has 192 valence electrons. The van der Waals surface area contributed by atoms with Gasteiger partial charge in [0.05, 0.1) is 14.2 Å². The number of ether oxygens (including phenoxy) is 3. The summed E-state index contributed by atoms with van der Waals surface area (Å²) in [4.78, 5) is 11.2. The number of hydrogen-bond donors (Lipinski definition) is 0. The third-order valence-corrected chi connectivity index (χ3v) is 6.77. The van der Waals surface area contributed by atoms with Gasteiger partial charge >= 0.3 is 0 Å². The second-order valence-electron chi connectivity index (χ2n) is 7.98. The maximum atomic E-state index is 14.0. The van der Waals surface area contributed by atoms with Gasteiger partial charge in [0.25, 0.3) is 0 Å². The summed E-state index contributed by atoms with van der Waals surface area (Å²) >= 11 is 1.23. The van der Waals surface area contributed by atoms with E-state index < -0.39 is 5.25 Å². The minimum Gasteiger partial charge on any atom is -0.497 e. The van der Waals surface area contributed by atoms with Gasteiger partial charge in [0, 0.05) is 16.2 Å². The number of aromatic nitrogens is 3. The van der Waals surface area contributed by atoms with Crippen LogP contribution in [0.25, 0.3) is 5.69 Å². The van der Waals surface area contributed by atoms with Crippen molar-refractivity contribution in [1.82, 2.24) is 14.8 Å². The van der Waals surface area contributed by atoms with E-state index in [0.29, 0.717) is 39.4 Å². The van der Waals surface area contributed by atoms with E-state index >= 15 is 0 Å². The summed E-state index contributed by atoms with van der Waals surface area (Å²) in [5.74, 6) is 1.77. The number of hydrogen-bond acceptors (Lipinski definition) is 8. The Morgan fingerprint density at radius 2 is 1.78 bits per heavy atom. The first-order valence-corrected chi connectivity index (χ1v) is 12.2. The van der Waals surface area contributed by atoms with Gasteiger partial charge in [-0.25, -0.2) is 4.39 Å². The predicted octanol–water partition coefficient (Wildman–Crippen LogP) is 5.42. The van der Waals surface area contributed by atoms with E-state index in [1.807, 2.05) is 35.8 Å². The highest BCUT2D eigenvalue weighted by Crippen LogP contribution is 2.39. The second-order valence-corrected chi connectivity index (χ2v) is 9.15. The van der Waals surface area contributed by atoms with Crippen LogP contribution in [0.4, 0.5) is 4.39 Å². The Bertz CT molecular complexity index is 1380. The average molecular weight is 525 g/mol. The fraction of sp³-hybridized carbons (Fsp3) is 0.231. The first kappa shape index (κ1) is 26.0. The molecular weight excluding hydrogens is 499 g/mol. The van der Waals surface area contributed by atoms with Crippen LogP contribution in [0.5, 0.6) is 17.2 Å². The number of aryl methyl sites for hydroxylation is 1. The number of thioether (sulfide) groups is 1. The fourth-order valence-electron chi connectivity index (χ4n) is 3.70. The van der Waals surface area contributed by atoms with Crippen LogP contribution in [-0.4, -0.2) is 40.5 Å². The van der Waals surface area contributed by atoms with Gasteiger partial charge in [-0.3, -0.25) is 14.7 Å². The molecule has 4 rings (SSSR count). The zero-order chi connectivity index (χ0) is 26.4. The number of halogens is 1. The van der Waals surface area contributed by atoms with Crippen molar-refractivity contribution in [2.24, 2.45) is 0 Å². The van der Waals surface area contributed by atoms with Crippen LogP contribution in [0.3, 0.4) is 0 Å². The predicted molar refractivity (Wildman–Crippen MR) is 137 cm³/mol. The largest absolute Gasteiger partial charge is 0.497 e. The summed E-state index contributed by atoms with van der Waals surface area (Å²) in [6.07, 6.45) is 0. The highest BCUT2D eigenvalue weighted by atomic mass is 32.2. The zero-order valence-electron chi connectivity index (χ0n) is 20.5. The standard InChI is InChI=1S/C26H25FN4O5S/c1-17-28-29-26(31(17)20-9-11-21(34-2)12-10-20)37-25(15-30(32)33)18-8-13-23(24(14-18)35-3)36-16-19-6-4-5-7-22(19)27/h4-14,25H,15-16H2,1-3H3/t25-/m0/s1. The molecule has 37 heavy (non-hydrogen) atoms. The van der Waals surface area contributed by atoms with Crippen LogP contribution in [0.2, 0.25) is 0 Å². The van der Waals surface area contributed by atoms with E-state index in [4.69, 9.17) is 14.2 Å². The number of nitrogens with zero attached hydrogens (tertiary/aromatic N) is 4. The van der Waals surface area contributed by atoms with Crippen LogP contribution in [0.15, 0.2) is 71.9 Å². The summed E-state index contributed by atoms with van der Waals surface area (Å²) in [5.41, 5.74) is 1.86. The number of nitro groups is 1. The minimum atomic E-state index is -0.592. The molecule has 1 aromatic heterocycles. The molecule has 0 radical (unpaired) electrons. The molecule has 0 bridgehead atoms. The molecule has 0 aliphatic carbocycles. The van der Waals surface area contributed by atoms with E-state index in [1.54, 1.807) is 43.5 Å². The summed E-state index contributed by atoms with van der Waals surface area (Å²) in [7, 11) is 3.07. The van der Waals surface area contributed by atoms with E-state index in [-0.39, 0.29) is 23.9 Å². The number of rotatable bonds is 11. The number of methoxy groups -OCH3 is 2. The van der Waals surface area contributed by atoms with Crippen molar-refractivity contribution >= 4 is 11.8 Å². The van der Waals surface area contributed by atoms with E-state index in [9.17, 15) is 14.5 Å². The van der Waals surface area contributed by atoms with Crippen LogP contribution < -0.4 is 14.2 Å². The average Bonchev–Trinajstić information content (AvgIpc) is 3.27. The Hall–Kier alpha value is -4.12. The molecule has 0 saturated carbocycles. The highest BCUT2D eigenvalue weighted by Gasteiger charge is 2.25. The van der Waals surface area contributed by atoms with Gasteiger partial charge < -0.3 is 14.2 Å². The molecule has 11 heteroatoms. The van der Waals surface area contributed by atoms with Crippen LogP contribution in [0, 0.1) is 22.9 Å². The SMILES string of the molecule is COc1ccc(-n2c(C)nnc2S[C@@H](C[N+](=O)[O-])c2ccc(OCc3ccccc3F)c(OC)c2)cc1. The number of benzene rings is 3. The van der Waals surface area contributed by atoms with Gasteiger partial charge in [-0.15, -0.1) is 10.2 Å². The highest BCUT2D eigenvalue weighted by molar-refractivity contribution is 7.99. The van der Waals surface area contributed by atoms with Crippen LogP contribution in [0.1, 0.15) is 22.2 Å². The lowest BCUT2D eigenvalue weighted by molar-refractivity contribution is -0.479. The Kier molecular flexibility index (Phi) is 8.24. The van der Waals surface area contributed by atoms with Crippen molar-refractivity contribution in [2.75, 3.05) is 20.8 Å². The van der Waals surface area contributed by atoms with Crippen molar-refractivity contribution in [3.8, 4) is 22.9 Å². The lowest BCUT2D eigenvalue weighted by Crippen LogP contribution is -2.11. The molecule has 1 atom stereocenters. The van der Waals surface area contributed by atoms with Gasteiger partial charge in [-0.05, 0) is 55.0 Å². The topological polar surface area (TPSA) is 102 Å². The monoisotopic (exact) mass is 524 g/mol. The molecule has 3 aromatic carbocycles. The lowest BCUT2D eigenvalue weighted by atomic mass is 10.1. The van der Waals surface area contributed by atoms with E-state index in [2.05, 4.69) is 10.2 Å². The molecule has 0 amide bonds. The molecule has 0 spiro atoms. The molecule has 0 N–H and O–H groups in total. The Labute approximate surface area is 217 Å². The Morgan fingerprint density at radius 3 is 2.46 bits per heavy atom. The molecule has 0 unspecified atom stereocenters. The molecular formula is C26H25FN4O5S. The lowest BCUT2D eigenvalue weighted by Gasteiger charge is -2.17. The first-order valence-electron chi connectivity index (χ1n) is 11.3. The van der Waals surface area contributed by atoms with Crippen LogP contribution in [-0.2, 0) is 6.61 Å². The van der Waals surface area contributed by atoms with Crippen molar-refractivity contribution in [3.63, 3.8) is 0 Å². The first-order chi connectivity index (χ1) is 17.9. The second kappa shape index (κ2) is 11.7. The van der Waals surface area contributed by atoms with E-state index in [1.165, 1.54) is 24.9 Å². The molecule has 9 nitrogen and oxygen atoms in total. The van der Waals surface area contributed by atoms with Crippen molar-refractivity contribution in [3.05, 3.63) is 99.6 Å². The molecule has 0 saturated heterocycles. The van der Waals surface area contributed by atoms with Crippen molar-refractivity contribution in [1.29, 1.82) is 0 Å². The maximum absolute atomic E-state index is 14.0. The molecule has 0 aliphatic heterocycles. The molecule has 1 heterocycles. The third-order valence-electron chi connectivity index (χ3n) is 5.59. The molecule has 0 fully saturated rings. The van der Waals surface area contributed by atoms with Gasteiger partial charge in [0.1, 0.15) is 29.2 Å². The van der Waals surface area contributed by atoms with Gasteiger partial charge in [0.15, 0.2) is 16.7 Å². The van der Waals surface area contributed by atoms with Crippen molar-refractivity contribution in [2.45, 2.75) is 23.9 Å². The normalized spacial score (nSPS) is 11.7. The summed E-state index contributed by atoms with van der Waals surface area (Å²) < 4.78 is 32.3. The van der Waals surface area contributed by atoms with Gasteiger partial charge in [-0.2, -0.15) is 0 Å². The zero-order valence-corrected chi connectivity index (χ0v) is 21.3. The summed E-state index contributed by atoms with van der Waals surface area (Å²) in [6, 6.07) is 18.8. The van der Waals surface area contributed by atoms with Crippen LogP contribution >= 0.6 is 11.8 Å². The molecule has 4 aromatic rings. The summed E-state index contributed by atoms with van der Waals surface area (Å²) in [6.45, 7) is 1.48. The van der Waals surface area contributed by atoms with Gasteiger partial charge in [0.2, 0.25) is 6.54 Å². The fourth-order valence-corrected chi connectivity index (χ4v) is 4.86. The third kappa shape index (κ3) is 6.18. The smallest absolute Gasteiger partial charge is 0.220 e. The minimum absolute atomic E-state index is 0.0136.